The third-order valence-corrected chi connectivity index (χ3v) is 1.02. The maximum absolute atomic E-state index is 9.45. The van der Waals surface area contributed by atoms with Crippen LogP contribution in [-0.2, 0) is 4.79 Å². The zero-order chi connectivity index (χ0) is 9.40. The van der Waals surface area contributed by atoms with E-state index in [4.69, 9.17) is 10.2 Å². The standard InChI is InChI=1S/C6H6.C3H6O3.H3N/c1-2-4-6-5-3-1;1-2(4)3(5)6;/h1-6H;2,4H,1H3,(H,5,6);1H3. The van der Waals surface area contributed by atoms with E-state index in [2.05, 4.69) is 0 Å². The monoisotopic (exact) mass is 185 g/mol. The molecule has 13 heavy (non-hydrogen) atoms. The van der Waals surface area contributed by atoms with Crippen molar-refractivity contribution >= 4 is 5.97 Å². The Labute approximate surface area is 77.4 Å². The lowest BCUT2D eigenvalue weighted by Crippen LogP contribution is -2.13. The number of aliphatic hydroxyl groups excluding tert-OH is 1. The minimum absolute atomic E-state index is 0. The van der Waals surface area contributed by atoms with Gasteiger partial charge in [-0.05, 0) is 6.92 Å². The van der Waals surface area contributed by atoms with Gasteiger partial charge in [0.15, 0.2) is 0 Å². The fraction of sp³-hybridized carbons (Fsp3) is 0.222. The highest BCUT2D eigenvalue weighted by atomic mass is 16.4. The summed E-state index contributed by atoms with van der Waals surface area (Å²) < 4.78 is 0. The van der Waals surface area contributed by atoms with Crippen molar-refractivity contribution in [2.45, 2.75) is 13.0 Å². The van der Waals surface area contributed by atoms with Crippen LogP contribution < -0.4 is 6.15 Å². The zero-order valence-corrected chi connectivity index (χ0v) is 7.55. The lowest BCUT2D eigenvalue weighted by atomic mass is 10.4. The molecule has 0 fully saturated rings. The maximum atomic E-state index is 9.45. The van der Waals surface area contributed by atoms with E-state index >= 15 is 0 Å². The quantitative estimate of drug-likeness (QED) is 0.614. The number of carboxylic acids is 1. The fourth-order valence-electron chi connectivity index (χ4n) is 0.385. The van der Waals surface area contributed by atoms with Gasteiger partial charge in [0.25, 0.3) is 0 Å². The highest BCUT2D eigenvalue weighted by Gasteiger charge is 2.01. The smallest absolute Gasteiger partial charge is 0.332 e. The van der Waals surface area contributed by atoms with E-state index in [0.29, 0.717) is 0 Å². The molecule has 1 atom stereocenters. The van der Waals surface area contributed by atoms with Gasteiger partial charge in [0.05, 0.1) is 0 Å². The molecule has 1 aromatic carbocycles. The molecule has 0 aliphatic carbocycles. The molecule has 0 heterocycles. The lowest BCUT2D eigenvalue weighted by molar-refractivity contribution is -0.145. The van der Waals surface area contributed by atoms with Gasteiger partial charge in [-0.15, -0.1) is 0 Å². The molecule has 0 amide bonds. The average Bonchev–Trinajstić information content (AvgIpc) is 2.08. The first-order valence-corrected chi connectivity index (χ1v) is 3.55. The molecule has 0 radical (unpaired) electrons. The second-order valence-corrected chi connectivity index (χ2v) is 2.17. The van der Waals surface area contributed by atoms with Gasteiger partial charge < -0.3 is 16.4 Å². The zero-order valence-electron chi connectivity index (χ0n) is 7.55. The van der Waals surface area contributed by atoms with Crippen LogP contribution in [0.4, 0.5) is 0 Å². The van der Waals surface area contributed by atoms with Crippen LogP contribution >= 0.6 is 0 Å². The summed E-state index contributed by atoms with van der Waals surface area (Å²) in [5, 5.41) is 15.8. The van der Waals surface area contributed by atoms with E-state index in [1.165, 1.54) is 6.92 Å². The summed E-state index contributed by atoms with van der Waals surface area (Å²) in [6.07, 6.45) is -1.23. The topological polar surface area (TPSA) is 92.5 Å². The van der Waals surface area contributed by atoms with E-state index in [1.54, 1.807) is 0 Å². The number of hydrogen-bond donors (Lipinski definition) is 3. The van der Waals surface area contributed by atoms with Crippen LogP contribution in [0.5, 0.6) is 0 Å². The number of hydrogen-bond acceptors (Lipinski definition) is 3. The molecule has 0 aliphatic rings. The molecule has 0 spiro atoms. The molecule has 1 unspecified atom stereocenters. The number of carbonyl (C=O) groups is 1. The van der Waals surface area contributed by atoms with Crippen molar-refractivity contribution in [3.05, 3.63) is 36.4 Å². The van der Waals surface area contributed by atoms with Crippen LogP contribution in [0.2, 0.25) is 0 Å². The molecule has 0 bridgehead atoms. The number of rotatable bonds is 1. The van der Waals surface area contributed by atoms with E-state index in [9.17, 15) is 4.79 Å². The van der Waals surface area contributed by atoms with Crippen molar-refractivity contribution in [2.75, 3.05) is 0 Å². The van der Waals surface area contributed by atoms with E-state index in [-0.39, 0.29) is 6.15 Å². The predicted molar refractivity (Wildman–Crippen MR) is 50.8 cm³/mol. The minimum Gasteiger partial charge on any atom is -0.479 e. The Morgan fingerprint density at radius 3 is 1.31 bits per heavy atom. The van der Waals surface area contributed by atoms with Crippen molar-refractivity contribution < 1.29 is 15.0 Å². The van der Waals surface area contributed by atoms with Crippen molar-refractivity contribution in [1.29, 1.82) is 0 Å². The molecule has 0 saturated heterocycles. The Balaban J connectivity index is 0. The van der Waals surface area contributed by atoms with Crippen molar-refractivity contribution in [3.8, 4) is 0 Å². The third kappa shape index (κ3) is 10.6. The van der Waals surface area contributed by atoms with Crippen molar-refractivity contribution in [2.24, 2.45) is 0 Å². The summed E-state index contributed by atoms with van der Waals surface area (Å²) >= 11 is 0. The molecule has 0 aliphatic heterocycles. The van der Waals surface area contributed by atoms with Crippen LogP contribution in [0.25, 0.3) is 0 Å². The van der Waals surface area contributed by atoms with E-state index in [1.807, 2.05) is 36.4 Å². The average molecular weight is 185 g/mol. The summed E-state index contributed by atoms with van der Waals surface area (Å²) in [7, 11) is 0. The summed E-state index contributed by atoms with van der Waals surface area (Å²) in [6.45, 7) is 1.20. The molecule has 0 aromatic heterocycles. The summed E-state index contributed by atoms with van der Waals surface area (Å²) in [4.78, 5) is 9.45. The minimum atomic E-state index is -1.23. The first-order valence-electron chi connectivity index (χ1n) is 3.55. The van der Waals surface area contributed by atoms with Crippen LogP contribution in [0.1, 0.15) is 6.92 Å². The third-order valence-electron chi connectivity index (χ3n) is 1.02. The molecule has 1 rings (SSSR count). The SMILES string of the molecule is CC(O)C(=O)O.N.c1ccccc1. The number of benzene rings is 1. The number of carboxylic acid groups (broad SMARTS) is 1. The van der Waals surface area contributed by atoms with Gasteiger partial charge in [-0.1, -0.05) is 36.4 Å². The van der Waals surface area contributed by atoms with Gasteiger partial charge in [0.2, 0.25) is 0 Å². The van der Waals surface area contributed by atoms with Gasteiger partial charge in [0, 0.05) is 0 Å². The van der Waals surface area contributed by atoms with Crippen LogP contribution in [-0.4, -0.2) is 22.3 Å². The highest BCUT2D eigenvalue weighted by Crippen LogP contribution is 1.79. The van der Waals surface area contributed by atoms with Gasteiger partial charge in [0.1, 0.15) is 6.10 Å². The second kappa shape index (κ2) is 8.70. The molecule has 4 nitrogen and oxygen atoms in total. The Hall–Kier alpha value is -1.39. The summed E-state index contributed by atoms with van der Waals surface area (Å²) in [6, 6.07) is 12.0. The summed E-state index contributed by atoms with van der Waals surface area (Å²) in [5.74, 6) is -1.19. The lowest BCUT2D eigenvalue weighted by Gasteiger charge is -1.89. The second-order valence-electron chi connectivity index (χ2n) is 2.17. The van der Waals surface area contributed by atoms with E-state index < -0.39 is 12.1 Å². The van der Waals surface area contributed by atoms with Crippen molar-refractivity contribution in [1.82, 2.24) is 6.15 Å². The maximum Gasteiger partial charge on any atom is 0.332 e. The Bertz CT molecular complexity index is 185. The Morgan fingerprint density at radius 1 is 1.08 bits per heavy atom. The molecule has 4 heteroatoms. The fourth-order valence-corrected chi connectivity index (χ4v) is 0.385. The van der Waals surface area contributed by atoms with Crippen LogP contribution in [0.15, 0.2) is 36.4 Å². The van der Waals surface area contributed by atoms with Crippen LogP contribution in [0.3, 0.4) is 0 Å². The van der Waals surface area contributed by atoms with Gasteiger partial charge in [-0.2, -0.15) is 0 Å². The number of aliphatic hydroxyl groups is 1. The highest BCUT2D eigenvalue weighted by molar-refractivity contribution is 5.71. The first-order chi connectivity index (χ1) is 5.64. The van der Waals surface area contributed by atoms with Crippen molar-refractivity contribution in [3.63, 3.8) is 0 Å². The summed E-state index contributed by atoms with van der Waals surface area (Å²) in [5.41, 5.74) is 0. The van der Waals surface area contributed by atoms with E-state index in [0.717, 1.165) is 0 Å². The Morgan fingerprint density at radius 2 is 1.23 bits per heavy atom. The first kappa shape index (κ1) is 14.2. The van der Waals surface area contributed by atoms with Gasteiger partial charge in [-0.25, -0.2) is 4.79 Å². The predicted octanol–water partition coefficient (Wildman–Crippen LogP) is 1.30. The normalized spacial score (nSPS) is 10.0. The molecular weight excluding hydrogens is 170 g/mol. The van der Waals surface area contributed by atoms with Gasteiger partial charge >= 0.3 is 5.97 Å². The molecule has 5 N–H and O–H groups in total. The van der Waals surface area contributed by atoms with Crippen LogP contribution in [0, 0.1) is 0 Å². The number of aliphatic carboxylic acids is 1. The Kier molecular flexibility index (Phi) is 9.48. The largest absolute Gasteiger partial charge is 0.479 e. The molecule has 74 valence electrons. The molecule has 0 saturated carbocycles. The molecule has 1 aromatic rings. The van der Waals surface area contributed by atoms with Gasteiger partial charge in [-0.3, -0.25) is 0 Å². The molecular formula is C9H15NO3.